The third-order valence-electron chi connectivity index (χ3n) is 6.78. The zero-order valence-electron chi connectivity index (χ0n) is 20.7. The molecular weight excluding hydrogens is 550 g/mol. The van der Waals surface area contributed by atoms with Crippen molar-refractivity contribution >= 4 is 39.1 Å². The van der Waals surface area contributed by atoms with Gasteiger partial charge in [0.05, 0.1) is 24.5 Å². The van der Waals surface area contributed by atoms with Gasteiger partial charge in [0.15, 0.2) is 0 Å². The fourth-order valence-corrected chi connectivity index (χ4v) is 5.91. The Morgan fingerprint density at radius 1 is 1.05 bits per heavy atom. The standard InChI is InChI=1S/C28H27Cl2FN2O4S/c1-38(35,36)32-28(34)24-12-23(18-7-8-18)26(13-25(24)31)37-16-17-14-33(15-17)27(19-5-3-2-4-6-19)20-9-21(29)11-22(30)10-20/h2-6,9-13,17-18,27H,7-8,14-16H2,1H3,(H,32,34). The zero-order chi connectivity index (χ0) is 27.0. The summed E-state index contributed by atoms with van der Waals surface area (Å²) < 4.78 is 45.6. The van der Waals surface area contributed by atoms with Crippen LogP contribution >= 0.6 is 23.2 Å². The number of benzene rings is 3. The molecule has 10 heteroatoms. The van der Waals surface area contributed by atoms with Gasteiger partial charge in [0.2, 0.25) is 10.0 Å². The van der Waals surface area contributed by atoms with E-state index in [0.717, 1.165) is 48.9 Å². The quantitative estimate of drug-likeness (QED) is 0.348. The molecule has 0 bridgehead atoms. The van der Waals surface area contributed by atoms with Gasteiger partial charge in [-0.15, -0.1) is 0 Å². The first-order valence-corrected chi connectivity index (χ1v) is 15.0. The predicted octanol–water partition coefficient (Wildman–Crippen LogP) is 5.80. The van der Waals surface area contributed by atoms with Crippen molar-refractivity contribution in [2.24, 2.45) is 5.92 Å². The van der Waals surface area contributed by atoms with Gasteiger partial charge in [-0.1, -0.05) is 53.5 Å². The lowest BCUT2D eigenvalue weighted by Crippen LogP contribution is -2.51. The molecule has 5 rings (SSSR count). The highest BCUT2D eigenvalue weighted by Gasteiger charge is 2.36. The van der Waals surface area contributed by atoms with Crippen molar-refractivity contribution in [2.75, 3.05) is 26.0 Å². The largest absolute Gasteiger partial charge is 0.493 e. The lowest BCUT2D eigenvalue weighted by molar-refractivity contribution is 0.0375. The Morgan fingerprint density at radius 3 is 2.32 bits per heavy atom. The van der Waals surface area contributed by atoms with E-state index in [2.05, 4.69) is 17.0 Å². The molecule has 6 nitrogen and oxygen atoms in total. The van der Waals surface area contributed by atoms with Crippen LogP contribution in [0.15, 0.2) is 60.7 Å². The molecule has 0 spiro atoms. The van der Waals surface area contributed by atoms with Crippen LogP contribution in [0.2, 0.25) is 10.0 Å². The van der Waals surface area contributed by atoms with Crippen molar-refractivity contribution in [1.29, 1.82) is 0 Å². The number of nitrogens with one attached hydrogen (secondary N) is 1. The fraction of sp³-hybridized carbons (Fsp3) is 0.321. The molecule has 2 fully saturated rings. The Morgan fingerprint density at radius 2 is 1.71 bits per heavy atom. The first-order chi connectivity index (χ1) is 18.1. The molecule has 1 unspecified atom stereocenters. The zero-order valence-corrected chi connectivity index (χ0v) is 23.0. The second-order valence-corrected chi connectivity index (χ2v) is 12.6. The lowest BCUT2D eigenvalue weighted by atomic mass is 9.90. The first-order valence-electron chi connectivity index (χ1n) is 12.3. The molecule has 1 aliphatic heterocycles. The van der Waals surface area contributed by atoms with Crippen molar-refractivity contribution < 1.29 is 22.3 Å². The van der Waals surface area contributed by atoms with Crippen LogP contribution in [-0.2, 0) is 10.0 Å². The molecule has 1 aliphatic carbocycles. The molecule has 1 N–H and O–H groups in total. The normalized spacial score (nSPS) is 17.1. The number of likely N-dealkylation sites (tertiary alicyclic amines) is 1. The Balaban J connectivity index is 1.29. The summed E-state index contributed by atoms with van der Waals surface area (Å²) >= 11 is 12.6. The molecule has 1 heterocycles. The van der Waals surface area contributed by atoms with Crippen molar-refractivity contribution in [2.45, 2.75) is 24.8 Å². The van der Waals surface area contributed by atoms with Crippen LogP contribution in [0.25, 0.3) is 0 Å². The van der Waals surface area contributed by atoms with Crippen molar-refractivity contribution in [3.05, 3.63) is 98.8 Å². The summed E-state index contributed by atoms with van der Waals surface area (Å²) in [5, 5.41) is 1.16. The second-order valence-electron chi connectivity index (χ2n) is 9.99. The van der Waals surface area contributed by atoms with Crippen molar-refractivity contribution in [3.63, 3.8) is 0 Å². The van der Waals surface area contributed by atoms with Crippen LogP contribution in [0, 0.1) is 11.7 Å². The van der Waals surface area contributed by atoms with Crippen molar-refractivity contribution in [1.82, 2.24) is 9.62 Å². The molecule has 1 amide bonds. The highest BCUT2D eigenvalue weighted by molar-refractivity contribution is 7.89. The third kappa shape index (κ3) is 6.31. The van der Waals surface area contributed by atoms with Crippen LogP contribution in [0.1, 0.15) is 51.8 Å². The maximum Gasteiger partial charge on any atom is 0.267 e. The van der Waals surface area contributed by atoms with Gasteiger partial charge >= 0.3 is 0 Å². The Kier molecular flexibility index (Phi) is 7.69. The molecule has 1 atom stereocenters. The summed E-state index contributed by atoms with van der Waals surface area (Å²) in [6.07, 6.45) is 2.67. The van der Waals surface area contributed by atoms with E-state index in [1.807, 2.05) is 35.1 Å². The molecule has 0 aromatic heterocycles. The van der Waals surface area contributed by atoms with Crippen LogP contribution in [0.4, 0.5) is 4.39 Å². The number of nitrogens with zero attached hydrogens (tertiary/aromatic N) is 1. The van der Waals surface area contributed by atoms with Crippen LogP contribution in [-0.4, -0.2) is 45.2 Å². The van der Waals surface area contributed by atoms with Gasteiger partial charge in [-0.05, 0) is 59.7 Å². The number of sulfonamides is 1. The average Bonchev–Trinajstić information content (AvgIpc) is 3.64. The molecular formula is C28H27Cl2FN2O4S. The summed E-state index contributed by atoms with van der Waals surface area (Å²) in [4.78, 5) is 14.6. The summed E-state index contributed by atoms with van der Waals surface area (Å²) in [6, 6.07) is 18.3. The Bertz CT molecular complexity index is 1440. The molecule has 0 radical (unpaired) electrons. The molecule has 3 aromatic carbocycles. The maximum atomic E-state index is 14.8. The number of carbonyl (C=O) groups is 1. The van der Waals surface area contributed by atoms with Gasteiger partial charge in [0.25, 0.3) is 5.91 Å². The highest BCUT2D eigenvalue weighted by Crippen LogP contribution is 2.45. The van der Waals surface area contributed by atoms with E-state index >= 15 is 0 Å². The monoisotopic (exact) mass is 576 g/mol. The molecule has 38 heavy (non-hydrogen) atoms. The van der Waals surface area contributed by atoms with Gasteiger partial charge in [-0.3, -0.25) is 9.69 Å². The van der Waals surface area contributed by atoms with Crippen LogP contribution in [0.3, 0.4) is 0 Å². The molecule has 1 saturated heterocycles. The highest BCUT2D eigenvalue weighted by atomic mass is 35.5. The average molecular weight is 578 g/mol. The van der Waals surface area contributed by atoms with E-state index in [-0.39, 0.29) is 23.4 Å². The topological polar surface area (TPSA) is 75.7 Å². The first kappa shape index (κ1) is 26.9. The smallest absolute Gasteiger partial charge is 0.267 e. The van der Waals surface area contributed by atoms with Gasteiger partial charge < -0.3 is 4.74 Å². The molecule has 2 aliphatic rings. The van der Waals surface area contributed by atoms with Gasteiger partial charge in [0, 0.05) is 35.1 Å². The fourth-order valence-electron chi connectivity index (χ4n) is 4.92. The Hall–Kier alpha value is -2.65. The summed E-state index contributed by atoms with van der Waals surface area (Å²) in [6.45, 7) is 1.92. The van der Waals surface area contributed by atoms with E-state index in [1.54, 1.807) is 6.07 Å². The summed E-state index contributed by atoms with van der Waals surface area (Å²) in [5.74, 6) is -1.01. The number of hydrogen-bond acceptors (Lipinski definition) is 5. The minimum absolute atomic E-state index is 0.0178. The summed E-state index contributed by atoms with van der Waals surface area (Å²) in [5.41, 5.74) is 2.57. The second kappa shape index (κ2) is 10.8. The summed E-state index contributed by atoms with van der Waals surface area (Å²) in [7, 11) is -3.81. The van der Waals surface area contributed by atoms with E-state index in [4.69, 9.17) is 27.9 Å². The number of ether oxygens (including phenoxy) is 1. The van der Waals surface area contributed by atoms with E-state index in [9.17, 15) is 17.6 Å². The van der Waals surface area contributed by atoms with E-state index in [1.165, 1.54) is 12.1 Å². The van der Waals surface area contributed by atoms with E-state index < -0.39 is 21.7 Å². The number of rotatable bonds is 9. The SMILES string of the molecule is CS(=O)(=O)NC(=O)c1cc(C2CC2)c(OCC2CN(C(c3ccccc3)c3cc(Cl)cc(Cl)c3)C2)cc1F. The van der Waals surface area contributed by atoms with Crippen molar-refractivity contribution in [3.8, 4) is 5.75 Å². The van der Waals surface area contributed by atoms with Gasteiger partial charge in [-0.25, -0.2) is 17.5 Å². The lowest BCUT2D eigenvalue weighted by Gasteiger charge is -2.44. The van der Waals surface area contributed by atoms with Crippen LogP contribution < -0.4 is 9.46 Å². The third-order valence-corrected chi connectivity index (χ3v) is 7.77. The van der Waals surface area contributed by atoms with Crippen LogP contribution in [0.5, 0.6) is 5.75 Å². The predicted molar refractivity (Wildman–Crippen MR) is 146 cm³/mol. The maximum absolute atomic E-state index is 14.8. The molecule has 1 saturated carbocycles. The van der Waals surface area contributed by atoms with Gasteiger partial charge in [-0.2, -0.15) is 0 Å². The minimum atomic E-state index is -3.81. The van der Waals surface area contributed by atoms with E-state index in [0.29, 0.717) is 22.4 Å². The number of hydrogen-bond donors (Lipinski definition) is 1. The number of halogens is 3. The van der Waals surface area contributed by atoms with Gasteiger partial charge in [0.1, 0.15) is 11.6 Å². The minimum Gasteiger partial charge on any atom is -0.493 e. The molecule has 200 valence electrons. The number of carbonyl (C=O) groups excluding carboxylic acids is 1. The number of amides is 1. The molecule has 3 aromatic rings. The Labute approximate surface area is 231 Å².